The van der Waals surface area contributed by atoms with E-state index in [0.717, 1.165) is 12.0 Å². The Balaban J connectivity index is 1.57. The van der Waals surface area contributed by atoms with Crippen molar-refractivity contribution in [3.05, 3.63) is 42.4 Å². The molecule has 1 atom stereocenters. The topological polar surface area (TPSA) is 73.8 Å². The van der Waals surface area contributed by atoms with E-state index in [2.05, 4.69) is 9.97 Å². The van der Waals surface area contributed by atoms with Crippen LogP contribution in [0.4, 0.5) is 0 Å². The van der Waals surface area contributed by atoms with Gasteiger partial charge in [-0.3, -0.25) is 9.78 Å². The van der Waals surface area contributed by atoms with E-state index in [9.17, 15) is 4.79 Å². The summed E-state index contributed by atoms with van der Waals surface area (Å²) in [6, 6.07) is 5.52. The number of methoxy groups -OCH3 is 2. The van der Waals surface area contributed by atoms with E-state index in [-0.39, 0.29) is 12.0 Å². The number of amides is 1. The molecule has 7 nitrogen and oxygen atoms in total. The molecule has 2 heterocycles. The predicted molar refractivity (Wildman–Crippen MR) is 90.9 cm³/mol. The molecule has 0 radical (unpaired) electrons. The first-order valence-corrected chi connectivity index (χ1v) is 8.11. The second-order valence-corrected chi connectivity index (χ2v) is 5.78. The van der Waals surface area contributed by atoms with Gasteiger partial charge in [-0.25, -0.2) is 4.98 Å². The average molecular weight is 343 g/mol. The van der Waals surface area contributed by atoms with Crippen molar-refractivity contribution in [2.45, 2.75) is 18.9 Å². The highest BCUT2D eigenvalue weighted by Gasteiger charge is 2.28. The Morgan fingerprint density at radius 1 is 1.24 bits per heavy atom. The number of likely N-dealkylation sites (tertiary alicyclic amines) is 1. The Morgan fingerprint density at radius 2 is 2.08 bits per heavy atom. The van der Waals surface area contributed by atoms with E-state index in [1.165, 1.54) is 0 Å². The molecular weight excluding hydrogens is 322 g/mol. The smallest absolute Gasteiger partial charge is 0.232 e. The maximum Gasteiger partial charge on any atom is 0.232 e. The van der Waals surface area contributed by atoms with Crippen LogP contribution in [0.3, 0.4) is 0 Å². The normalized spacial score (nSPS) is 16.6. The highest BCUT2D eigenvalue weighted by atomic mass is 16.5. The molecule has 1 fully saturated rings. The first kappa shape index (κ1) is 17.0. The second kappa shape index (κ2) is 7.83. The van der Waals surface area contributed by atoms with Crippen LogP contribution in [0, 0.1) is 0 Å². The molecule has 1 aliphatic rings. The Hall–Kier alpha value is -2.83. The van der Waals surface area contributed by atoms with Crippen molar-refractivity contribution in [3.8, 4) is 17.4 Å². The van der Waals surface area contributed by atoms with E-state index >= 15 is 0 Å². The standard InChI is InChI=1S/C18H21N3O4/c1-23-15-4-3-13(9-16(15)24-2)10-18(22)21-8-5-14(12-21)25-17-11-19-6-7-20-17/h3-4,6-7,9,11,14H,5,8,10,12H2,1-2H3/t14-/m0/s1. The lowest BCUT2D eigenvalue weighted by Gasteiger charge is -2.17. The summed E-state index contributed by atoms with van der Waals surface area (Å²) in [7, 11) is 3.17. The van der Waals surface area contributed by atoms with E-state index in [1.54, 1.807) is 32.8 Å². The third-order valence-electron chi connectivity index (χ3n) is 4.13. The minimum absolute atomic E-state index is 0.0500. The lowest BCUT2D eigenvalue weighted by Crippen LogP contribution is -2.32. The van der Waals surface area contributed by atoms with Gasteiger partial charge in [0, 0.05) is 25.4 Å². The molecule has 1 saturated heterocycles. The van der Waals surface area contributed by atoms with Crippen molar-refractivity contribution in [2.75, 3.05) is 27.3 Å². The Labute approximate surface area is 146 Å². The van der Waals surface area contributed by atoms with Gasteiger partial charge in [0.1, 0.15) is 6.10 Å². The van der Waals surface area contributed by atoms with Gasteiger partial charge in [0.15, 0.2) is 11.5 Å². The molecule has 7 heteroatoms. The van der Waals surface area contributed by atoms with Gasteiger partial charge in [0.25, 0.3) is 0 Å². The molecule has 0 aliphatic carbocycles. The number of hydrogen-bond acceptors (Lipinski definition) is 6. The number of hydrogen-bond donors (Lipinski definition) is 0. The van der Waals surface area contributed by atoms with Crippen molar-refractivity contribution in [3.63, 3.8) is 0 Å². The number of benzene rings is 1. The summed E-state index contributed by atoms with van der Waals surface area (Å²) >= 11 is 0. The van der Waals surface area contributed by atoms with Crippen molar-refractivity contribution >= 4 is 5.91 Å². The number of ether oxygens (including phenoxy) is 3. The fourth-order valence-electron chi connectivity index (χ4n) is 2.84. The zero-order valence-electron chi connectivity index (χ0n) is 14.3. The van der Waals surface area contributed by atoms with Crippen LogP contribution in [-0.2, 0) is 11.2 Å². The van der Waals surface area contributed by atoms with Crippen LogP contribution in [0.1, 0.15) is 12.0 Å². The number of nitrogens with zero attached hydrogens (tertiary/aromatic N) is 3. The minimum atomic E-state index is -0.0500. The molecule has 0 N–H and O–H groups in total. The summed E-state index contributed by atoms with van der Waals surface area (Å²) < 4.78 is 16.3. The average Bonchev–Trinajstić information content (AvgIpc) is 3.11. The molecule has 25 heavy (non-hydrogen) atoms. The summed E-state index contributed by atoms with van der Waals surface area (Å²) in [5.41, 5.74) is 0.890. The highest BCUT2D eigenvalue weighted by Crippen LogP contribution is 2.28. The number of rotatable bonds is 6. The van der Waals surface area contributed by atoms with Crippen LogP contribution in [-0.4, -0.2) is 54.2 Å². The lowest BCUT2D eigenvalue weighted by molar-refractivity contribution is -0.129. The highest BCUT2D eigenvalue weighted by molar-refractivity contribution is 5.79. The van der Waals surface area contributed by atoms with Gasteiger partial charge < -0.3 is 19.1 Å². The maximum atomic E-state index is 12.5. The molecule has 1 aliphatic heterocycles. The van der Waals surface area contributed by atoms with Crippen LogP contribution in [0.15, 0.2) is 36.8 Å². The van der Waals surface area contributed by atoms with E-state index in [0.29, 0.717) is 36.9 Å². The monoisotopic (exact) mass is 343 g/mol. The molecular formula is C18H21N3O4. The summed E-state index contributed by atoms with van der Waals surface area (Å²) in [4.78, 5) is 22.4. The van der Waals surface area contributed by atoms with E-state index < -0.39 is 0 Å². The zero-order chi connectivity index (χ0) is 17.6. The van der Waals surface area contributed by atoms with Gasteiger partial charge in [-0.15, -0.1) is 0 Å². The van der Waals surface area contributed by atoms with Crippen LogP contribution in [0.5, 0.6) is 17.4 Å². The quantitative estimate of drug-likeness (QED) is 0.795. The summed E-state index contributed by atoms with van der Waals surface area (Å²) in [6.07, 6.45) is 5.82. The van der Waals surface area contributed by atoms with Crippen LogP contribution >= 0.6 is 0 Å². The predicted octanol–water partition coefficient (Wildman–Crippen LogP) is 1.72. The molecule has 1 aromatic carbocycles. The third-order valence-corrected chi connectivity index (χ3v) is 4.13. The summed E-state index contributed by atoms with van der Waals surface area (Å²) in [5.74, 6) is 1.83. The van der Waals surface area contributed by atoms with Gasteiger partial charge in [-0.1, -0.05) is 6.07 Å². The first-order valence-electron chi connectivity index (χ1n) is 8.11. The molecule has 132 valence electrons. The fraction of sp³-hybridized carbons (Fsp3) is 0.389. The largest absolute Gasteiger partial charge is 0.493 e. The molecule has 1 amide bonds. The molecule has 0 bridgehead atoms. The van der Waals surface area contributed by atoms with Crippen molar-refractivity contribution in [1.29, 1.82) is 0 Å². The second-order valence-electron chi connectivity index (χ2n) is 5.78. The lowest BCUT2D eigenvalue weighted by atomic mass is 10.1. The Kier molecular flexibility index (Phi) is 5.33. The zero-order valence-corrected chi connectivity index (χ0v) is 14.3. The Bertz CT molecular complexity index is 724. The summed E-state index contributed by atoms with van der Waals surface area (Å²) in [6.45, 7) is 1.24. The van der Waals surface area contributed by atoms with Gasteiger partial charge in [-0.05, 0) is 17.7 Å². The molecule has 3 rings (SSSR count). The van der Waals surface area contributed by atoms with Gasteiger partial charge in [0.05, 0.1) is 33.4 Å². The van der Waals surface area contributed by atoms with Crippen LogP contribution < -0.4 is 14.2 Å². The molecule has 0 saturated carbocycles. The molecule has 0 unspecified atom stereocenters. The Morgan fingerprint density at radius 3 is 2.80 bits per heavy atom. The first-order chi connectivity index (χ1) is 12.2. The molecule has 2 aromatic rings. The van der Waals surface area contributed by atoms with Gasteiger partial charge >= 0.3 is 0 Å². The van der Waals surface area contributed by atoms with E-state index in [4.69, 9.17) is 14.2 Å². The van der Waals surface area contributed by atoms with Crippen molar-refractivity contribution in [1.82, 2.24) is 14.9 Å². The maximum absolute atomic E-state index is 12.5. The fourth-order valence-corrected chi connectivity index (χ4v) is 2.84. The molecule has 1 aromatic heterocycles. The van der Waals surface area contributed by atoms with E-state index in [1.807, 2.05) is 23.1 Å². The number of carbonyl (C=O) groups is 1. The number of aromatic nitrogens is 2. The van der Waals surface area contributed by atoms with Crippen molar-refractivity contribution in [2.24, 2.45) is 0 Å². The van der Waals surface area contributed by atoms with Crippen molar-refractivity contribution < 1.29 is 19.0 Å². The minimum Gasteiger partial charge on any atom is -0.493 e. The number of carbonyl (C=O) groups excluding carboxylic acids is 1. The van der Waals surface area contributed by atoms with Gasteiger partial charge in [0.2, 0.25) is 11.8 Å². The molecule has 0 spiro atoms. The third kappa shape index (κ3) is 4.17. The summed E-state index contributed by atoms with van der Waals surface area (Å²) in [5, 5.41) is 0. The van der Waals surface area contributed by atoms with Crippen LogP contribution in [0.2, 0.25) is 0 Å². The SMILES string of the molecule is COc1ccc(CC(=O)N2CC[C@H](Oc3cnccn3)C2)cc1OC. The van der Waals surface area contributed by atoms with Gasteiger partial charge in [-0.2, -0.15) is 0 Å². The van der Waals surface area contributed by atoms with Crippen LogP contribution in [0.25, 0.3) is 0 Å².